The fourth-order valence-electron chi connectivity index (χ4n) is 3.10. The van der Waals surface area contributed by atoms with Gasteiger partial charge in [-0.25, -0.2) is 0 Å². The molecule has 0 heterocycles. The van der Waals surface area contributed by atoms with E-state index in [9.17, 15) is 0 Å². The van der Waals surface area contributed by atoms with Gasteiger partial charge < -0.3 is 9.64 Å². The van der Waals surface area contributed by atoms with E-state index in [4.69, 9.17) is 4.74 Å². The highest BCUT2D eigenvalue weighted by Gasteiger charge is 2.19. The first-order chi connectivity index (χ1) is 10.6. The van der Waals surface area contributed by atoms with Crippen molar-refractivity contribution in [2.24, 2.45) is 5.92 Å². The lowest BCUT2D eigenvalue weighted by atomic mass is 9.84. The summed E-state index contributed by atoms with van der Waals surface area (Å²) >= 11 is 0. The van der Waals surface area contributed by atoms with Crippen molar-refractivity contribution >= 4 is 6.08 Å². The molecule has 1 aliphatic rings. The smallest absolute Gasteiger partial charge is 0.119 e. The lowest BCUT2D eigenvalue weighted by molar-refractivity contribution is 0.309. The lowest BCUT2D eigenvalue weighted by Gasteiger charge is -2.27. The molecule has 0 radical (unpaired) electrons. The largest absolute Gasteiger partial charge is 0.494 e. The van der Waals surface area contributed by atoms with E-state index < -0.39 is 0 Å². The molecule has 0 aliphatic heterocycles. The van der Waals surface area contributed by atoms with Gasteiger partial charge in [0, 0.05) is 6.54 Å². The van der Waals surface area contributed by atoms with Crippen LogP contribution < -0.4 is 4.74 Å². The highest BCUT2D eigenvalue weighted by atomic mass is 16.5. The van der Waals surface area contributed by atoms with E-state index in [0.717, 1.165) is 31.7 Å². The average molecular weight is 301 g/mol. The third-order valence-electron chi connectivity index (χ3n) is 4.44. The first kappa shape index (κ1) is 17.1. The lowest BCUT2D eigenvalue weighted by Crippen LogP contribution is -2.26. The summed E-state index contributed by atoms with van der Waals surface area (Å²) in [6.07, 6.45) is 7.05. The zero-order valence-electron chi connectivity index (χ0n) is 14.7. The quantitative estimate of drug-likeness (QED) is 0.641. The Labute approximate surface area is 136 Å². The van der Waals surface area contributed by atoms with Crippen LogP contribution in [0.1, 0.15) is 51.2 Å². The summed E-state index contributed by atoms with van der Waals surface area (Å²) in [6.45, 7) is 9.86. The summed E-state index contributed by atoms with van der Waals surface area (Å²) in [5.41, 5.74) is 4.37. The Bertz CT molecular complexity index is 506. The van der Waals surface area contributed by atoms with Crippen LogP contribution in [0.15, 0.2) is 23.8 Å². The van der Waals surface area contributed by atoms with Crippen LogP contribution in [0.25, 0.3) is 6.08 Å². The predicted molar refractivity (Wildman–Crippen MR) is 95.5 cm³/mol. The molecular weight excluding hydrogens is 270 g/mol. The van der Waals surface area contributed by atoms with Gasteiger partial charge in [0.15, 0.2) is 0 Å². The molecule has 0 unspecified atom stereocenters. The Morgan fingerprint density at radius 2 is 2.05 bits per heavy atom. The number of unbranched alkanes of at least 4 members (excludes halogenated alkanes) is 1. The molecule has 0 aromatic heterocycles. The maximum absolute atomic E-state index is 5.84. The maximum atomic E-state index is 5.84. The predicted octanol–water partition coefficient (Wildman–Crippen LogP) is 4.78. The molecule has 0 bridgehead atoms. The normalized spacial score (nSPS) is 17.3. The summed E-state index contributed by atoms with van der Waals surface area (Å²) in [5, 5.41) is 0. The summed E-state index contributed by atoms with van der Waals surface area (Å²) in [4.78, 5) is 2.43. The van der Waals surface area contributed by atoms with Crippen LogP contribution >= 0.6 is 0 Å². The molecule has 1 atom stereocenters. The summed E-state index contributed by atoms with van der Waals surface area (Å²) in [5.74, 6) is 1.65. The van der Waals surface area contributed by atoms with Crippen LogP contribution in [-0.4, -0.2) is 31.6 Å². The minimum absolute atomic E-state index is 0.623. The number of benzene rings is 1. The molecule has 0 spiro atoms. The minimum atomic E-state index is 0.623. The molecule has 0 N–H and O–H groups in total. The molecule has 22 heavy (non-hydrogen) atoms. The minimum Gasteiger partial charge on any atom is -0.494 e. The second-order valence-corrected chi connectivity index (χ2v) is 6.62. The summed E-state index contributed by atoms with van der Waals surface area (Å²) in [6, 6.07) is 6.58. The second-order valence-electron chi connectivity index (χ2n) is 6.62. The van der Waals surface area contributed by atoms with Gasteiger partial charge in [0.2, 0.25) is 0 Å². The van der Waals surface area contributed by atoms with Gasteiger partial charge >= 0.3 is 0 Å². The monoisotopic (exact) mass is 301 g/mol. The van der Waals surface area contributed by atoms with Gasteiger partial charge in [0.25, 0.3) is 0 Å². The number of fused-ring (bicyclic) bond motifs is 1. The zero-order valence-corrected chi connectivity index (χ0v) is 14.7. The fraction of sp³-hybridized carbons (Fsp3) is 0.600. The third-order valence-corrected chi connectivity index (χ3v) is 4.44. The SMILES string of the molecule is CCCCOc1ccc2c(c1)C[C@@H](C)C(CN(C)CCC)=C2. The van der Waals surface area contributed by atoms with Gasteiger partial charge in [0.05, 0.1) is 6.61 Å². The van der Waals surface area contributed by atoms with Crippen molar-refractivity contribution in [1.82, 2.24) is 4.90 Å². The molecule has 2 nitrogen and oxygen atoms in total. The highest BCUT2D eigenvalue weighted by Crippen LogP contribution is 2.31. The van der Waals surface area contributed by atoms with Crippen molar-refractivity contribution in [1.29, 1.82) is 0 Å². The standard InChI is InChI=1S/C20H31NO/c1-5-7-11-22-20-9-8-17-13-19(15-21(4)10-6-2)16(3)12-18(17)14-20/h8-9,13-14,16H,5-7,10-12,15H2,1-4H3/t16-/m1/s1. The van der Waals surface area contributed by atoms with Crippen molar-refractivity contribution in [3.05, 3.63) is 34.9 Å². The van der Waals surface area contributed by atoms with Crippen molar-refractivity contribution in [3.8, 4) is 5.75 Å². The van der Waals surface area contributed by atoms with Crippen LogP contribution in [-0.2, 0) is 6.42 Å². The molecular formula is C20H31NO. The Kier molecular flexibility index (Phi) is 6.50. The molecule has 1 aromatic carbocycles. The van der Waals surface area contributed by atoms with Crippen molar-refractivity contribution in [2.75, 3.05) is 26.7 Å². The van der Waals surface area contributed by atoms with E-state index in [1.807, 2.05) is 0 Å². The second kappa shape index (κ2) is 8.38. The topological polar surface area (TPSA) is 12.5 Å². The van der Waals surface area contributed by atoms with Gasteiger partial charge in [0.1, 0.15) is 5.75 Å². The van der Waals surface area contributed by atoms with Gasteiger partial charge in [-0.05, 0) is 62.0 Å². The molecule has 1 aromatic rings. The molecule has 122 valence electrons. The van der Waals surface area contributed by atoms with E-state index in [0.29, 0.717) is 5.92 Å². The first-order valence-electron chi connectivity index (χ1n) is 8.78. The Balaban J connectivity index is 2.07. The molecule has 0 saturated heterocycles. The van der Waals surface area contributed by atoms with Crippen molar-refractivity contribution in [3.63, 3.8) is 0 Å². The number of rotatable bonds is 8. The van der Waals surface area contributed by atoms with Crippen molar-refractivity contribution in [2.45, 2.75) is 46.5 Å². The number of nitrogens with zero attached hydrogens (tertiary/aromatic N) is 1. The maximum Gasteiger partial charge on any atom is 0.119 e. The zero-order chi connectivity index (χ0) is 15.9. The summed E-state index contributed by atoms with van der Waals surface area (Å²) < 4.78 is 5.84. The highest BCUT2D eigenvalue weighted by molar-refractivity contribution is 5.62. The Morgan fingerprint density at radius 1 is 1.23 bits per heavy atom. The number of likely N-dealkylation sites (N-methyl/N-ethyl adjacent to an activating group) is 1. The van der Waals surface area contributed by atoms with Gasteiger partial charge in [-0.1, -0.05) is 44.9 Å². The van der Waals surface area contributed by atoms with E-state index in [1.54, 1.807) is 5.57 Å². The number of hydrogen-bond acceptors (Lipinski definition) is 2. The van der Waals surface area contributed by atoms with Gasteiger partial charge in [-0.2, -0.15) is 0 Å². The van der Waals surface area contributed by atoms with E-state index in [2.05, 4.69) is 57.0 Å². The van der Waals surface area contributed by atoms with E-state index in [-0.39, 0.29) is 0 Å². The summed E-state index contributed by atoms with van der Waals surface area (Å²) in [7, 11) is 2.22. The molecule has 0 amide bonds. The molecule has 2 rings (SSSR count). The molecule has 2 heteroatoms. The molecule has 0 fully saturated rings. The van der Waals surface area contributed by atoms with Gasteiger partial charge in [-0.15, -0.1) is 0 Å². The van der Waals surface area contributed by atoms with Crippen LogP contribution in [0.5, 0.6) is 5.75 Å². The van der Waals surface area contributed by atoms with Crippen LogP contribution in [0, 0.1) is 5.92 Å². The van der Waals surface area contributed by atoms with Crippen LogP contribution in [0.4, 0.5) is 0 Å². The fourth-order valence-corrected chi connectivity index (χ4v) is 3.10. The molecule has 0 saturated carbocycles. The van der Waals surface area contributed by atoms with Crippen molar-refractivity contribution < 1.29 is 4.74 Å². The Morgan fingerprint density at radius 3 is 2.77 bits per heavy atom. The number of hydrogen-bond donors (Lipinski definition) is 0. The number of ether oxygens (including phenoxy) is 1. The third kappa shape index (κ3) is 4.61. The van der Waals surface area contributed by atoms with E-state index >= 15 is 0 Å². The molecule has 1 aliphatic carbocycles. The van der Waals surface area contributed by atoms with Crippen LogP contribution in [0.2, 0.25) is 0 Å². The Hall–Kier alpha value is -1.28. The van der Waals surface area contributed by atoms with E-state index in [1.165, 1.54) is 30.5 Å². The first-order valence-corrected chi connectivity index (χ1v) is 8.78. The average Bonchev–Trinajstić information content (AvgIpc) is 2.48. The van der Waals surface area contributed by atoms with Crippen LogP contribution in [0.3, 0.4) is 0 Å². The van der Waals surface area contributed by atoms with Gasteiger partial charge in [-0.3, -0.25) is 0 Å².